The van der Waals surface area contributed by atoms with Crippen LogP contribution in [0.3, 0.4) is 0 Å². The second-order valence-corrected chi connectivity index (χ2v) is 4.56. The zero-order chi connectivity index (χ0) is 8.88. The number of aromatic nitrogens is 2. The molecule has 0 aliphatic carbocycles. The van der Waals surface area contributed by atoms with Crippen molar-refractivity contribution in [3.8, 4) is 0 Å². The first kappa shape index (κ1) is 7.80. The number of thiophene rings is 1. The Bertz CT molecular complexity index is 437. The van der Waals surface area contributed by atoms with Crippen LogP contribution in [0, 0.1) is 20.8 Å². The van der Waals surface area contributed by atoms with Gasteiger partial charge in [-0.05, 0) is 20.8 Å². The standard InChI is InChI=1S/C9H12N2S/c1-5-8-9(6(2)12-5)11(4)7(3)10-8/h1-4H3. The van der Waals surface area contributed by atoms with Crippen molar-refractivity contribution >= 4 is 22.4 Å². The molecule has 2 aromatic rings. The monoisotopic (exact) mass is 180 g/mol. The van der Waals surface area contributed by atoms with Crippen LogP contribution in [-0.2, 0) is 7.05 Å². The molecule has 0 atom stereocenters. The molecule has 2 aromatic heterocycles. The van der Waals surface area contributed by atoms with Crippen LogP contribution in [0.25, 0.3) is 11.0 Å². The van der Waals surface area contributed by atoms with E-state index >= 15 is 0 Å². The Morgan fingerprint density at radius 1 is 1.17 bits per heavy atom. The molecule has 12 heavy (non-hydrogen) atoms. The second-order valence-electron chi connectivity index (χ2n) is 3.13. The van der Waals surface area contributed by atoms with Crippen LogP contribution >= 0.6 is 11.3 Å². The number of hydrogen-bond donors (Lipinski definition) is 0. The van der Waals surface area contributed by atoms with E-state index in [0.29, 0.717) is 0 Å². The molecule has 0 unspecified atom stereocenters. The van der Waals surface area contributed by atoms with Gasteiger partial charge >= 0.3 is 0 Å². The van der Waals surface area contributed by atoms with Crippen molar-refractivity contribution in [3.63, 3.8) is 0 Å². The highest BCUT2D eigenvalue weighted by Crippen LogP contribution is 2.29. The van der Waals surface area contributed by atoms with Crippen molar-refractivity contribution in [2.24, 2.45) is 7.05 Å². The SMILES string of the molecule is Cc1sc(C)c2c1nc(C)n2C. The van der Waals surface area contributed by atoms with Gasteiger partial charge in [-0.2, -0.15) is 0 Å². The average Bonchev–Trinajstić information content (AvgIpc) is 2.41. The van der Waals surface area contributed by atoms with Crippen LogP contribution in [0.2, 0.25) is 0 Å². The van der Waals surface area contributed by atoms with Gasteiger partial charge in [-0.15, -0.1) is 11.3 Å². The van der Waals surface area contributed by atoms with E-state index in [1.807, 2.05) is 18.3 Å². The van der Waals surface area contributed by atoms with Crippen LogP contribution in [0.4, 0.5) is 0 Å². The highest BCUT2D eigenvalue weighted by molar-refractivity contribution is 7.13. The third-order valence-electron chi connectivity index (χ3n) is 2.29. The molecular weight excluding hydrogens is 168 g/mol. The Morgan fingerprint density at radius 2 is 1.83 bits per heavy atom. The molecule has 0 fully saturated rings. The molecule has 2 rings (SSSR count). The van der Waals surface area contributed by atoms with Gasteiger partial charge < -0.3 is 4.57 Å². The maximum Gasteiger partial charge on any atom is 0.106 e. The summed E-state index contributed by atoms with van der Waals surface area (Å²) in [6, 6.07) is 0. The van der Waals surface area contributed by atoms with Gasteiger partial charge in [0.25, 0.3) is 0 Å². The lowest BCUT2D eigenvalue weighted by Gasteiger charge is -1.94. The summed E-state index contributed by atoms with van der Waals surface area (Å²) in [6.07, 6.45) is 0. The number of imidazole rings is 1. The third kappa shape index (κ3) is 0.829. The number of fused-ring (bicyclic) bond motifs is 1. The Morgan fingerprint density at radius 3 is 2.42 bits per heavy atom. The van der Waals surface area contributed by atoms with Crippen LogP contribution in [0.15, 0.2) is 0 Å². The molecule has 2 heterocycles. The Kier molecular flexibility index (Phi) is 1.51. The predicted octanol–water partition coefficient (Wildman–Crippen LogP) is 2.56. The lowest BCUT2D eigenvalue weighted by Crippen LogP contribution is -1.90. The quantitative estimate of drug-likeness (QED) is 0.609. The van der Waals surface area contributed by atoms with Crippen molar-refractivity contribution in [2.45, 2.75) is 20.8 Å². The molecule has 3 heteroatoms. The summed E-state index contributed by atoms with van der Waals surface area (Å²) in [5.74, 6) is 1.10. The van der Waals surface area contributed by atoms with Crippen molar-refractivity contribution in [3.05, 3.63) is 15.6 Å². The summed E-state index contributed by atoms with van der Waals surface area (Å²) in [5, 5.41) is 0. The molecule has 0 aliphatic rings. The van der Waals surface area contributed by atoms with E-state index in [0.717, 1.165) is 5.82 Å². The molecule has 2 nitrogen and oxygen atoms in total. The van der Waals surface area contributed by atoms with Gasteiger partial charge in [0.1, 0.15) is 11.3 Å². The zero-order valence-electron chi connectivity index (χ0n) is 7.80. The molecule has 0 spiro atoms. The summed E-state index contributed by atoms with van der Waals surface area (Å²) in [4.78, 5) is 7.20. The fraction of sp³-hybridized carbons (Fsp3) is 0.444. The minimum Gasteiger partial charge on any atom is -0.330 e. The minimum absolute atomic E-state index is 1.10. The first-order chi connectivity index (χ1) is 5.61. The maximum atomic E-state index is 4.51. The van der Waals surface area contributed by atoms with Crippen molar-refractivity contribution in [1.82, 2.24) is 9.55 Å². The van der Waals surface area contributed by atoms with E-state index < -0.39 is 0 Å². The summed E-state index contributed by atoms with van der Waals surface area (Å²) < 4.78 is 2.16. The van der Waals surface area contributed by atoms with Crippen LogP contribution in [-0.4, -0.2) is 9.55 Å². The van der Waals surface area contributed by atoms with E-state index in [4.69, 9.17) is 0 Å². The van der Waals surface area contributed by atoms with Crippen molar-refractivity contribution in [1.29, 1.82) is 0 Å². The van der Waals surface area contributed by atoms with Gasteiger partial charge in [-0.25, -0.2) is 4.98 Å². The van der Waals surface area contributed by atoms with Gasteiger partial charge in [0, 0.05) is 16.8 Å². The normalized spacial score (nSPS) is 11.3. The molecule has 0 aliphatic heterocycles. The molecule has 64 valence electrons. The number of hydrogen-bond acceptors (Lipinski definition) is 2. The van der Waals surface area contributed by atoms with E-state index in [2.05, 4.69) is 30.4 Å². The van der Waals surface area contributed by atoms with Gasteiger partial charge in [-0.1, -0.05) is 0 Å². The first-order valence-corrected chi connectivity index (χ1v) is 4.82. The summed E-state index contributed by atoms with van der Waals surface area (Å²) in [7, 11) is 2.07. The smallest absolute Gasteiger partial charge is 0.106 e. The third-order valence-corrected chi connectivity index (χ3v) is 3.29. The van der Waals surface area contributed by atoms with E-state index in [9.17, 15) is 0 Å². The number of nitrogens with zero attached hydrogens (tertiary/aromatic N) is 2. The molecular formula is C9H12N2S. The second kappa shape index (κ2) is 2.33. The summed E-state index contributed by atoms with van der Waals surface area (Å²) in [6.45, 7) is 6.33. The summed E-state index contributed by atoms with van der Waals surface area (Å²) in [5.41, 5.74) is 2.48. The Hall–Kier alpha value is -0.830. The zero-order valence-corrected chi connectivity index (χ0v) is 8.62. The number of rotatable bonds is 0. The van der Waals surface area contributed by atoms with Crippen molar-refractivity contribution in [2.75, 3.05) is 0 Å². The maximum absolute atomic E-state index is 4.51. The molecule has 0 saturated carbocycles. The fourth-order valence-corrected chi connectivity index (χ4v) is 2.61. The van der Waals surface area contributed by atoms with Crippen LogP contribution in [0.1, 0.15) is 15.6 Å². The van der Waals surface area contributed by atoms with Gasteiger partial charge in [0.05, 0.1) is 5.52 Å². The molecule has 0 N–H and O–H groups in total. The lowest BCUT2D eigenvalue weighted by atomic mass is 10.4. The largest absolute Gasteiger partial charge is 0.330 e. The molecule has 0 saturated heterocycles. The van der Waals surface area contributed by atoms with Gasteiger partial charge in [0.15, 0.2) is 0 Å². The van der Waals surface area contributed by atoms with Crippen molar-refractivity contribution < 1.29 is 0 Å². The highest BCUT2D eigenvalue weighted by Gasteiger charge is 2.11. The van der Waals surface area contributed by atoms with E-state index in [1.54, 1.807) is 0 Å². The Balaban J connectivity index is 2.98. The minimum atomic E-state index is 1.10. The van der Waals surface area contributed by atoms with E-state index in [1.165, 1.54) is 20.8 Å². The first-order valence-electron chi connectivity index (χ1n) is 4.00. The Labute approximate surface area is 75.9 Å². The summed E-state index contributed by atoms with van der Waals surface area (Å²) >= 11 is 1.83. The lowest BCUT2D eigenvalue weighted by molar-refractivity contribution is 0.884. The molecule has 0 amide bonds. The topological polar surface area (TPSA) is 17.8 Å². The fourth-order valence-electron chi connectivity index (χ4n) is 1.59. The highest BCUT2D eigenvalue weighted by atomic mass is 32.1. The van der Waals surface area contributed by atoms with Gasteiger partial charge in [-0.3, -0.25) is 0 Å². The van der Waals surface area contributed by atoms with Crippen LogP contribution in [0.5, 0.6) is 0 Å². The predicted molar refractivity (Wildman–Crippen MR) is 52.8 cm³/mol. The molecule has 0 bridgehead atoms. The molecule has 0 radical (unpaired) electrons. The number of aryl methyl sites for hydroxylation is 4. The van der Waals surface area contributed by atoms with Crippen LogP contribution < -0.4 is 0 Å². The van der Waals surface area contributed by atoms with E-state index in [-0.39, 0.29) is 0 Å². The molecule has 0 aromatic carbocycles. The van der Waals surface area contributed by atoms with Gasteiger partial charge in [0.2, 0.25) is 0 Å². The average molecular weight is 180 g/mol.